The van der Waals surface area contributed by atoms with Gasteiger partial charge in [-0.3, -0.25) is 0 Å². The Hall–Kier alpha value is -1.30. The van der Waals surface area contributed by atoms with Crippen molar-refractivity contribution in [2.24, 2.45) is 0 Å². The molecule has 1 aromatic rings. The van der Waals surface area contributed by atoms with Crippen molar-refractivity contribution in [3.63, 3.8) is 0 Å². The van der Waals surface area contributed by atoms with E-state index in [1.54, 1.807) is 0 Å². The summed E-state index contributed by atoms with van der Waals surface area (Å²) in [5, 5.41) is 20.1. The highest BCUT2D eigenvalue weighted by molar-refractivity contribution is 5.63. The molecule has 3 heterocycles. The fraction of sp³-hybridized carbons (Fsp3) is 0.714. The Morgan fingerprint density at radius 2 is 2.46 bits per heavy atom. The van der Waals surface area contributed by atoms with E-state index in [0.717, 1.165) is 18.8 Å². The third-order valence-corrected chi connectivity index (χ3v) is 2.64. The second-order valence-electron chi connectivity index (χ2n) is 3.51. The molecule has 6 nitrogen and oxygen atoms in total. The summed E-state index contributed by atoms with van der Waals surface area (Å²) in [4.78, 5) is 2.05. The molecule has 0 spiro atoms. The Morgan fingerprint density at radius 3 is 3.38 bits per heavy atom. The molecule has 2 N–H and O–H groups in total. The largest absolute Gasteiger partial charge is 0.391 e. The van der Waals surface area contributed by atoms with Crippen LogP contribution >= 0.6 is 0 Å². The molecule has 0 saturated carbocycles. The van der Waals surface area contributed by atoms with Crippen molar-refractivity contribution >= 4 is 11.6 Å². The topological polar surface area (TPSA) is 74.4 Å². The first-order valence-electron chi connectivity index (χ1n) is 4.36. The van der Waals surface area contributed by atoms with E-state index in [0.29, 0.717) is 18.4 Å². The van der Waals surface area contributed by atoms with E-state index in [4.69, 9.17) is 0 Å². The summed E-state index contributed by atoms with van der Waals surface area (Å²) in [6, 6.07) is 0.328. The molecule has 2 aliphatic heterocycles. The standard InChI is InChI=1S/C7H10N4O2/c12-5-1-4-2-8-6-7(10-13-9-6)11(4)3-5/h4-5,12H,1-3H2,(H,8,9). The Balaban J connectivity index is 1.99. The van der Waals surface area contributed by atoms with Crippen molar-refractivity contribution in [2.75, 3.05) is 23.3 Å². The summed E-state index contributed by atoms with van der Waals surface area (Å²) >= 11 is 0. The lowest BCUT2D eigenvalue weighted by Gasteiger charge is -2.28. The van der Waals surface area contributed by atoms with Crippen LogP contribution in [0.3, 0.4) is 0 Å². The molecule has 0 amide bonds. The van der Waals surface area contributed by atoms with E-state index >= 15 is 0 Å². The van der Waals surface area contributed by atoms with Crippen LogP contribution in [-0.2, 0) is 0 Å². The van der Waals surface area contributed by atoms with Crippen LogP contribution in [0, 0.1) is 0 Å². The van der Waals surface area contributed by atoms with Gasteiger partial charge in [0.1, 0.15) is 0 Å². The number of aliphatic hydroxyl groups is 1. The fourth-order valence-corrected chi connectivity index (χ4v) is 2.04. The van der Waals surface area contributed by atoms with Gasteiger partial charge in [0.15, 0.2) is 0 Å². The van der Waals surface area contributed by atoms with E-state index in [2.05, 4.69) is 20.3 Å². The molecule has 1 saturated heterocycles. The van der Waals surface area contributed by atoms with Gasteiger partial charge in [-0.15, -0.1) is 0 Å². The highest BCUT2D eigenvalue weighted by Crippen LogP contribution is 2.32. The van der Waals surface area contributed by atoms with Crippen LogP contribution in [0.15, 0.2) is 4.63 Å². The van der Waals surface area contributed by atoms with Crippen molar-refractivity contribution in [3.8, 4) is 0 Å². The summed E-state index contributed by atoms with van der Waals surface area (Å²) in [5.41, 5.74) is 0. The zero-order chi connectivity index (χ0) is 8.84. The molecule has 70 valence electrons. The van der Waals surface area contributed by atoms with Crippen molar-refractivity contribution < 1.29 is 9.74 Å². The number of fused-ring (bicyclic) bond motifs is 3. The molecule has 2 atom stereocenters. The Kier molecular flexibility index (Phi) is 1.29. The molecule has 0 aromatic carbocycles. The summed E-state index contributed by atoms with van der Waals surface area (Å²) in [7, 11) is 0. The molecule has 6 heteroatoms. The van der Waals surface area contributed by atoms with Crippen LogP contribution in [-0.4, -0.2) is 40.7 Å². The van der Waals surface area contributed by atoms with Crippen molar-refractivity contribution in [1.82, 2.24) is 10.3 Å². The predicted molar refractivity (Wildman–Crippen MR) is 44.5 cm³/mol. The third kappa shape index (κ3) is 0.918. The zero-order valence-corrected chi connectivity index (χ0v) is 6.97. The molecule has 2 aliphatic rings. The first-order chi connectivity index (χ1) is 6.34. The zero-order valence-electron chi connectivity index (χ0n) is 6.97. The predicted octanol–water partition coefficient (Wildman–Crippen LogP) is -0.565. The molecular formula is C7H10N4O2. The van der Waals surface area contributed by atoms with Gasteiger partial charge in [-0.25, -0.2) is 4.63 Å². The number of anilines is 2. The second kappa shape index (κ2) is 2.35. The quantitative estimate of drug-likeness (QED) is 0.560. The highest BCUT2D eigenvalue weighted by atomic mass is 16.6. The van der Waals surface area contributed by atoms with Crippen LogP contribution in [0.2, 0.25) is 0 Å². The molecule has 0 radical (unpaired) electrons. The van der Waals surface area contributed by atoms with Gasteiger partial charge in [-0.05, 0) is 16.7 Å². The molecule has 1 fully saturated rings. The number of aromatic nitrogens is 2. The van der Waals surface area contributed by atoms with Gasteiger partial charge in [0.25, 0.3) is 0 Å². The van der Waals surface area contributed by atoms with Crippen LogP contribution in [0.5, 0.6) is 0 Å². The maximum absolute atomic E-state index is 9.47. The van der Waals surface area contributed by atoms with Gasteiger partial charge in [-0.2, -0.15) is 0 Å². The van der Waals surface area contributed by atoms with Crippen LogP contribution in [0.25, 0.3) is 0 Å². The number of nitrogens with zero attached hydrogens (tertiary/aromatic N) is 3. The molecule has 0 bridgehead atoms. The maximum atomic E-state index is 9.47. The van der Waals surface area contributed by atoms with Crippen LogP contribution in [0.4, 0.5) is 11.6 Å². The fourth-order valence-electron chi connectivity index (χ4n) is 2.04. The average molecular weight is 182 g/mol. The smallest absolute Gasteiger partial charge is 0.218 e. The van der Waals surface area contributed by atoms with E-state index in [9.17, 15) is 5.11 Å². The van der Waals surface area contributed by atoms with Gasteiger partial charge in [0.05, 0.1) is 12.1 Å². The van der Waals surface area contributed by atoms with E-state index < -0.39 is 0 Å². The number of hydrogen-bond acceptors (Lipinski definition) is 6. The number of rotatable bonds is 0. The molecule has 1 aromatic heterocycles. The second-order valence-corrected chi connectivity index (χ2v) is 3.51. The van der Waals surface area contributed by atoms with Crippen LogP contribution < -0.4 is 10.2 Å². The Labute approximate surface area is 74.5 Å². The lowest BCUT2D eigenvalue weighted by Crippen LogP contribution is -2.39. The van der Waals surface area contributed by atoms with Gasteiger partial charge in [0.2, 0.25) is 11.6 Å². The van der Waals surface area contributed by atoms with E-state index in [-0.39, 0.29) is 6.10 Å². The van der Waals surface area contributed by atoms with Gasteiger partial charge in [-0.1, -0.05) is 0 Å². The minimum atomic E-state index is -0.255. The van der Waals surface area contributed by atoms with Gasteiger partial charge >= 0.3 is 0 Å². The SMILES string of the molecule is OC1CC2CNc3nonc3N2C1. The summed E-state index contributed by atoms with van der Waals surface area (Å²) < 4.78 is 4.63. The molecule has 13 heavy (non-hydrogen) atoms. The normalized spacial score (nSPS) is 31.0. The molecule has 0 aliphatic carbocycles. The van der Waals surface area contributed by atoms with Gasteiger partial charge < -0.3 is 15.3 Å². The van der Waals surface area contributed by atoms with Gasteiger partial charge in [0, 0.05) is 13.1 Å². The maximum Gasteiger partial charge on any atom is 0.218 e. The number of aliphatic hydroxyl groups excluding tert-OH is 1. The minimum absolute atomic E-state index is 0.255. The summed E-state index contributed by atoms with van der Waals surface area (Å²) in [5.74, 6) is 1.41. The van der Waals surface area contributed by atoms with Crippen molar-refractivity contribution in [3.05, 3.63) is 0 Å². The Morgan fingerprint density at radius 1 is 1.54 bits per heavy atom. The number of hydrogen-bond donors (Lipinski definition) is 2. The lowest BCUT2D eigenvalue weighted by molar-refractivity contribution is 0.194. The monoisotopic (exact) mass is 182 g/mol. The molecular weight excluding hydrogens is 172 g/mol. The Bertz CT molecular complexity index is 326. The summed E-state index contributed by atoms with van der Waals surface area (Å²) in [6.07, 6.45) is 0.536. The average Bonchev–Trinajstić information content (AvgIpc) is 2.65. The minimum Gasteiger partial charge on any atom is -0.391 e. The van der Waals surface area contributed by atoms with E-state index in [1.807, 2.05) is 4.90 Å². The van der Waals surface area contributed by atoms with Crippen molar-refractivity contribution in [2.45, 2.75) is 18.6 Å². The first kappa shape index (κ1) is 7.14. The summed E-state index contributed by atoms with van der Waals surface area (Å²) in [6.45, 7) is 1.44. The van der Waals surface area contributed by atoms with E-state index in [1.165, 1.54) is 0 Å². The van der Waals surface area contributed by atoms with Crippen LogP contribution in [0.1, 0.15) is 6.42 Å². The molecule has 3 rings (SSSR count). The third-order valence-electron chi connectivity index (χ3n) is 2.64. The first-order valence-corrected chi connectivity index (χ1v) is 4.36. The lowest BCUT2D eigenvalue weighted by atomic mass is 10.2. The highest BCUT2D eigenvalue weighted by Gasteiger charge is 2.37. The van der Waals surface area contributed by atoms with Crippen molar-refractivity contribution in [1.29, 1.82) is 0 Å². The molecule has 2 unspecified atom stereocenters. The number of nitrogens with one attached hydrogen (secondary N) is 1.